The first-order chi connectivity index (χ1) is 15.7. The van der Waals surface area contributed by atoms with Gasteiger partial charge in [0.25, 0.3) is 5.56 Å². The standard InChI is InChI=1S/C24H21ClF3NO4/c1-31-18-6-4-15(21(9-18)32-2)11-29-12-16-13-33-22(24(26,27)28)7-14-3-5-17(25)8-19(14)20(16)10-23(29)30/h3-6,8-10,12,22H,7,11,13H2,1-2H3. The minimum atomic E-state index is -4.53. The number of alkyl halides is 3. The van der Waals surface area contributed by atoms with E-state index in [0.717, 1.165) is 0 Å². The van der Waals surface area contributed by atoms with Crippen molar-refractivity contribution in [2.45, 2.75) is 31.9 Å². The van der Waals surface area contributed by atoms with Gasteiger partial charge in [0.1, 0.15) is 11.5 Å². The number of fused-ring (bicyclic) bond motifs is 3. The van der Waals surface area contributed by atoms with E-state index in [2.05, 4.69) is 0 Å². The zero-order valence-electron chi connectivity index (χ0n) is 17.9. The van der Waals surface area contributed by atoms with Crippen molar-refractivity contribution in [3.63, 3.8) is 0 Å². The second kappa shape index (κ2) is 9.11. The summed E-state index contributed by atoms with van der Waals surface area (Å²) in [6.07, 6.45) is -5.32. The Morgan fingerprint density at radius 3 is 2.52 bits per heavy atom. The Balaban J connectivity index is 1.80. The van der Waals surface area contributed by atoms with Crippen LogP contribution in [0.3, 0.4) is 0 Å². The Kier molecular flexibility index (Phi) is 6.41. The molecule has 0 amide bonds. The normalized spacial score (nSPS) is 15.8. The molecule has 0 saturated carbocycles. The first-order valence-electron chi connectivity index (χ1n) is 10.1. The molecule has 1 aliphatic heterocycles. The van der Waals surface area contributed by atoms with Gasteiger partial charge >= 0.3 is 6.18 Å². The van der Waals surface area contributed by atoms with Gasteiger partial charge in [0.05, 0.1) is 27.4 Å². The molecule has 1 atom stereocenters. The van der Waals surface area contributed by atoms with Crippen molar-refractivity contribution in [2.75, 3.05) is 14.2 Å². The minimum Gasteiger partial charge on any atom is -0.497 e. The number of hydrogen-bond acceptors (Lipinski definition) is 4. The Morgan fingerprint density at radius 1 is 1.06 bits per heavy atom. The van der Waals surface area contributed by atoms with Gasteiger partial charge in [0.2, 0.25) is 0 Å². The monoisotopic (exact) mass is 479 g/mol. The fraction of sp³-hybridized carbons (Fsp3) is 0.292. The van der Waals surface area contributed by atoms with Gasteiger partial charge < -0.3 is 18.8 Å². The molecule has 0 spiro atoms. The Bertz CT molecular complexity index is 1240. The molecule has 174 valence electrons. The maximum absolute atomic E-state index is 13.5. The van der Waals surface area contributed by atoms with Crippen molar-refractivity contribution in [2.24, 2.45) is 0 Å². The highest BCUT2D eigenvalue weighted by atomic mass is 35.5. The van der Waals surface area contributed by atoms with Crippen LogP contribution >= 0.6 is 11.6 Å². The van der Waals surface area contributed by atoms with Gasteiger partial charge in [0.15, 0.2) is 6.10 Å². The molecule has 0 aliphatic carbocycles. The first kappa shape index (κ1) is 23.2. The van der Waals surface area contributed by atoms with Gasteiger partial charge in [-0.05, 0) is 41.0 Å². The van der Waals surface area contributed by atoms with Gasteiger partial charge in [0, 0.05) is 40.9 Å². The molecule has 0 N–H and O–H groups in total. The van der Waals surface area contributed by atoms with Crippen LogP contribution in [0.1, 0.15) is 16.7 Å². The summed E-state index contributed by atoms with van der Waals surface area (Å²) in [6, 6.07) is 11.3. The van der Waals surface area contributed by atoms with Crippen LogP contribution in [0.2, 0.25) is 5.02 Å². The molecule has 9 heteroatoms. The summed E-state index contributed by atoms with van der Waals surface area (Å²) >= 11 is 6.14. The molecule has 4 rings (SSSR count). The zero-order valence-corrected chi connectivity index (χ0v) is 18.7. The van der Waals surface area contributed by atoms with Crippen LogP contribution < -0.4 is 15.0 Å². The van der Waals surface area contributed by atoms with Gasteiger partial charge in [-0.15, -0.1) is 0 Å². The molecule has 0 saturated heterocycles. The summed E-state index contributed by atoms with van der Waals surface area (Å²) in [6.45, 7) is -0.143. The van der Waals surface area contributed by atoms with Crippen molar-refractivity contribution in [3.8, 4) is 22.6 Å². The Morgan fingerprint density at radius 2 is 1.82 bits per heavy atom. The summed E-state index contributed by atoms with van der Waals surface area (Å²) in [5.74, 6) is 1.12. The number of methoxy groups -OCH3 is 2. The van der Waals surface area contributed by atoms with Gasteiger partial charge in [-0.3, -0.25) is 4.79 Å². The lowest BCUT2D eigenvalue weighted by Crippen LogP contribution is -2.35. The van der Waals surface area contributed by atoms with Crippen molar-refractivity contribution in [3.05, 3.63) is 80.7 Å². The molecule has 1 aliphatic rings. The molecule has 33 heavy (non-hydrogen) atoms. The molecule has 0 bridgehead atoms. The Hall–Kier alpha value is -2.97. The van der Waals surface area contributed by atoms with E-state index in [0.29, 0.717) is 44.3 Å². The van der Waals surface area contributed by atoms with Crippen molar-refractivity contribution >= 4 is 11.6 Å². The topological polar surface area (TPSA) is 49.7 Å². The zero-order chi connectivity index (χ0) is 23.8. The molecule has 0 radical (unpaired) electrons. The molecule has 1 aromatic heterocycles. The molecular formula is C24H21ClF3NO4. The number of nitrogens with zero attached hydrogens (tertiary/aromatic N) is 1. The lowest BCUT2D eigenvalue weighted by atomic mass is 9.92. The quantitative estimate of drug-likeness (QED) is 0.513. The third-order valence-corrected chi connectivity index (χ3v) is 5.85. The highest BCUT2D eigenvalue weighted by Crippen LogP contribution is 2.36. The summed E-state index contributed by atoms with van der Waals surface area (Å²) in [7, 11) is 3.04. The van der Waals surface area contributed by atoms with Gasteiger partial charge in [-0.25, -0.2) is 0 Å². The third-order valence-electron chi connectivity index (χ3n) is 5.62. The molecule has 3 aromatic rings. The van der Waals surface area contributed by atoms with Crippen LogP contribution in [0.5, 0.6) is 11.5 Å². The van der Waals surface area contributed by atoms with Crippen molar-refractivity contribution in [1.82, 2.24) is 4.57 Å². The van der Waals surface area contributed by atoms with E-state index < -0.39 is 12.3 Å². The number of ether oxygens (including phenoxy) is 3. The third kappa shape index (κ3) is 4.86. The second-order valence-electron chi connectivity index (χ2n) is 7.70. The maximum atomic E-state index is 13.5. The highest BCUT2D eigenvalue weighted by molar-refractivity contribution is 6.30. The smallest absolute Gasteiger partial charge is 0.414 e. The lowest BCUT2D eigenvalue weighted by Gasteiger charge is -2.26. The van der Waals surface area contributed by atoms with E-state index in [4.69, 9.17) is 25.8 Å². The summed E-state index contributed by atoms with van der Waals surface area (Å²) in [5.41, 5.74) is 2.28. The SMILES string of the molecule is COc1ccc(Cn2cc3c(cc2=O)-c2cc(Cl)ccc2CC(C(F)(F)F)OC3)c(OC)c1. The van der Waals surface area contributed by atoms with Crippen LogP contribution in [-0.4, -0.2) is 31.1 Å². The van der Waals surface area contributed by atoms with E-state index in [1.807, 2.05) is 0 Å². The fourth-order valence-electron chi connectivity index (χ4n) is 3.91. The van der Waals surface area contributed by atoms with Crippen LogP contribution in [0, 0.1) is 0 Å². The predicted molar refractivity (Wildman–Crippen MR) is 118 cm³/mol. The number of halogens is 4. The van der Waals surface area contributed by atoms with Gasteiger partial charge in [-0.2, -0.15) is 13.2 Å². The van der Waals surface area contributed by atoms with E-state index in [-0.39, 0.29) is 25.1 Å². The number of rotatable bonds is 4. The van der Waals surface area contributed by atoms with E-state index in [1.54, 1.807) is 30.3 Å². The van der Waals surface area contributed by atoms with Crippen LogP contribution in [0.4, 0.5) is 13.2 Å². The number of hydrogen-bond donors (Lipinski definition) is 0. The van der Waals surface area contributed by atoms with E-state index >= 15 is 0 Å². The minimum absolute atomic E-state index is 0.157. The van der Waals surface area contributed by atoms with E-state index in [9.17, 15) is 18.0 Å². The van der Waals surface area contributed by atoms with Crippen molar-refractivity contribution in [1.29, 1.82) is 0 Å². The highest BCUT2D eigenvalue weighted by Gasteiger charge is 2.41. The molecule has 2 aromatic carbocycles. The maximum Gasteiger partial charge on any atom is 0.414 e. The van der Waals surface area contributed by atoms with Crippen LogP contribution in [-0.2, 0) is 24.3 Å². The largest absolute Gasteiger partial charge is 0.497 e. The average Bonchev–Trinajstić information content (AvgIpc) is 2.77. The lowest BCUT2D eigenvalue weighted by molar-refractivity contribution is -0.223. The number of aromatic nitrogens is 1. The van der Waals surface area contributed by atoms with Crippen LogP contribution in [0.25, 0.3) is 11.1 Å². The second-order valence-corrected chi connectivity index (χ2v) is 8.14. The molecule has 1 unspecified atom stereocenters. The van der Waals surface area contributed by atoms with Gasteiger partial charge in [-0.1, -0.05) is 17.7 Å². The average molecular weight is 480 g/mol. The predicted octanol–water partition coefficient (Wildman–Crippen LogP) is 5.24. The Labute approximate surface area is 193 Å². The van der Waals surface area contributed by atoms with E-state index in [1.165, 1.54) is 37.1 Å². The number of pyridine rings is 1. The molecular weight excluding hydrogens is 459 g/mol. The molecule has 2 heterocycles. The summed E-state index contributed by atoms with van der Waals surface area (Å²) < 4.78 is 57.9. The van der Waals surface area contributed by atoms with Crippen molar-refractivity contribution < 1.29 is 27.4 Å². The summed E-state index contributed by atoms with van der Waals surface area (Å²) in [5, 5.41) is 0.372. The fourth-order valence-corrected chi connectivity index (χ4v) is 4.08. The number of benzene rings is 2. The first-order valence-corrected chi connectivity index (χ1v) is 10.5. The summed E-state index contributed by atoms with van der Waals surface area (Å²) in [4.78, 5) is 13.0. The molecule has 0 fully saturated rings. The molecule has 5 nitrogen and oxygen atoms in total. The van der Waals surface area contributed by atoms with Crippen LogP contribution in [0.15, 0.2) is 53.5 Å².